The normalized spacial score (nSPS) is 10.9. The highest BCUT2D eigenvalue weighted by Gasteiger charge is 2.23. The van der Waals surface area contributed by atoms with E-state index in [-0.39, 0.29) is 24.2 Å². The van der Waals surface area contributed by atoms with Gasteiger partial charge >= 0.3 is 0 Å². The number of benzene rings is 3. The van der Waals surface area contributed by atoms with Gasteiger partial charge in [0, 0.05) is 18.2 Å². The monoisotopic (exact) mass is 514 g/mol. The summed E-state index contributed by atoms with van der Waals surface area (Å²) in [5.41, 5.74) is 2.50. The van der Waals surface area contributed by atoms with E-state index < -0.39 is 0 Å². The predicted octanol–water partition coefficient (Wildman–Crippen LogP) is 5.81. The zero-order valence-electron chi connectivity index (χ0n) is 21.7. The van der Waals surface area contributed by atoms with Crippen LogP contribution in [0.15, 0.2) is 84.9 Å². The SMILES string of the molecule is COc1ccccc1C(=O)N(CCC(C)C)CC(=O)Nc1cc(-c2ccccc2)nn1-c1ccc(F)cc1. The number of aromatic nitrogens is 2. The third-order valence-corrected chi connectivity index (χ3v) is 6.05. The molecule has 1 N–H and O–H groups in total. The molecule has 38 heavy (non-hydrogen) atoms. The standard InChI is InChI=1S/C30H31FN4O3/c1-21(2)17-18-34(30(37)25-11-7-8-12-27(25)38-3)20-29(36)32-28-19-26(22-9-5-4-6-10-22)33-35(28)24-15-13-23(31)14-16-24/h4-16,19,21H,17-18,20H2,1-3H3,(H,32,36). The molecule has 0 fully saturated rings. The van der Waals surface area contributed by atoms with Crippen LogP contribution in [0.2, 0.25) is 0 Å². The Kier molecular flexibility index (Phi) is 8.53. The zero-order chi connectivity index (χ0) is 27.1. The molecule has 0 aliphatic heterocycles. The molecule has 2 amide bonds. The summed E-state index contributed by atoms with van der Waals surface area (Å²) in [6.07, 6.45) is 0.736. The van der Waals surface area contributed by atoms with Crippen LogP contribution < -0.4 is 10.1 Å². The lowest BCUT2D eigenvalue weighted by Crippen LogP contribution is -2.39. The zero-order valence-corrected chi connectivity index (χ0v) is 21.7. The largest absolute Gasteiger partial charge is 0.496 e. The molecule has 1 heterocycles. The lowest BCUT2D eigenvalue weighted by Gasteiger charge is -2.24. The Balaban J connectivity index is 1.61. The minimum absolute atomic E-state index is 0.154. The van der Waals surface area contributed by atoms with Crippen molar-refractivity contribution in [1.82, 2.24) is 14.7 Å². The van der Waals surface area contributed by atoms with Crippen LogP contribution in [-0.2, 0) is 4.79 Å². The molecule has 4 aromatic rings. The first-order valence-corrected chi connectivity index (χ1v) is 12.5. The van der Waals surface area contributed by atoms with Crippen molar-refractivity contribution >= 4 is 17.6 Å². The Bertz CT molecular complexity index is 1380. The average molecular weight is 515 g/mol. The highest BCUT2D eigenvalue weighted by molar-refractivity contribution is 6.01. The summed E-state index contributed by atoms with van der Waals surface area (Å²) >= 11 is 0. The third-order valence-electron chi connectivity index (χ3n) is 6.05. The second-order valence-electron chi connectivity index (χ2n) is 9.33. The summed E-state index contributed by atoms with van der Waals surface area (Å²) in [5.74, 6) is 0.184. The molecule has 196 valence electrons. The summed E-state index contributed by atoms with van der Waals surface area (Å²) in [4.78, 5) is 28.3. The third kappa shape index (κ3) is 6.45. The van der Waals surface area contributed by atoms with Crippen LogP contribution in [-0.4, -0.2) is 46.7 Å². The highest BCUT2D eigenvalue weighted by Crippen LogP contribution is 2.25. The summed E-state index contributed by atoms with van der Waals surface area (Å²) < 4.78 is 20.5. The van der Waals surface area contributed by atoms with Crippen LogP contribution in [0.3, 0.4) is 0 Å². The van der Waals surface area contributed by atoms with Crippen LogP contribution >= 0.6 is 0 Å². The molecule has 0 aliphatic rings. The molecule has 0 unspecified atom stereocenters. The Morgan fingerprint density at radius 1 is 1.00 bits per heavy atom. The molecule has 1 aromatic heterocycles. The summed E-state index contributed by atoms with van der Waals surface area (Å²) in [6, 6.07) is 24.1. The van der Waals surface area contributed by atoms with Crippen molar-refractivity contribution in [2.45, 2.75) is 20.3 Å². The molecular weight excluding hydrogens is 483 g/mol. The van der Waals surface area contributed by atoms with Crippen LogP contribution in [0.4, 0.5) is 10.2 Å². The fourth-order valence-electron chi connectivity index (χ4n) is 4.01. The van der Waals surface area contributed by atoms with Gasteiger partial charge in [0.1, 0.15) is 23.9 Å². The van der Waals surface area contributed by atoms with E-state index in [1.165, 1.54) is 24.1 Å². The molecule has 0 saturated carbocycles. The smallest absolute Gasteiger partial charge is 0.258 e. The fourth-order valence-corrected chi connectivity index (χ4v) is 4.01. The number of nitrogens with one attached hydrogen (secondary N) is 1. The van der Waals surface area contributed by atoms with E-state index in [9.17, 15) is 14.0 Å². The number of amides is 2. The Hall–Kier alpha value is -4.46. The molecule has 0 spiro atoms. The topological polar surface area (TPSA) is 76.5 Å². The van der Waals surface area contributed by atoms with Gasteiger partial charge in [-0.25, -0.2) is 9.07 Å². The van der Waals surface area contributed by atoms with Crippen molar-refractivity contribution in [3.05, 3.63) is 96.3 Å². The maximum atomic E-state index is 13.6. The van der Waals surface area contributed by atoms with E-state index in [4.69, 9.17) is 4.74 Å². The lowest BCUT2D eigenvalue weighted by molar-refractivity contribution is -0.117. The van der Waals surface area contributed by atoms with E-state index in [1.807, 2.05) is 30.3 Å². The van der Waals surface area contributed by atoms with E-state index in [1.54, 1.807) is 47.1 Å². The first-order valence-electron chi connectivity index (χ1n) is 12.5. The highest BCUT2D eigenvalue weighted by atomic mass is 19.1. The Labute approximate surface area is 221 Å². The molecule has 0 aliphatic carbocycles. The lowest BCUT2D eigenvalue weighted by atomic mass is 10.1. The molecule has 7 nitrogen and oxygen atoms in total. The number of carbonyl (C=O) groups excluding carboxylic acids is 2. The van der Waals surface area contributed by atoms with Gasteiger partial charge in [-0.2, -0.15) is 5.10 Å². The van der Waals surface area contributed by atoms with Crippen molar-refractivity contribution in [3.8, 4) is 22.7 Å². The van der Waals surface area contributed by atoms with Crippen molar-refractivity contribution in [3.63, 3.8) is 0 Å². The van der Waals surface area contributed by atoms with Crippen LogP contribution in [0.1, 0.15) is 30.6 Å². The van der Waals surface area contributed by atoms with Crippen molar-refractivity contribution in [2.75, 3.05) is 25.5 Å². The second-order valence-corrected chi connectivity index (χ2v) is 9.33. The molecule has 4 rings (SSSR count). The van der Waals surface area contributed by atoms with Gasteiger partial charge in [0.15, 0.2) is 0 Å². The molecule has 8 heteroatoms. The first-order chi connectivity index (χ1) is 18.4. The van der Waals surface area contributed by atoms with Crippen molar-refractivity contribution < 1.29 is 18.7 Å². The Morgan fingerprint density at radius 2 is 1.68 bits per heavy atom. The molecule has 0 saturated heterocycles. The average Bonchev–Trinajstić information content (AvgIpc) is 3.35. The predicted molar refractivity (Wildman–Crippen MR) is 146 cm³/mol. The van der Waals surface area contributed by atoms with Gasteiger partial charge in [0.05, 0.1) is 24.1 Å². The van der Waals surface area contributed by atoms with Crippen LogP contribution in [0.25, 0.3) is 16.9 Å². The number of methoxy groups -OCH3 is 1. The number of anilines is 1. The van der Waals surface area contributed by atoms with Gasteiger partial charge in [-0.05, 0) is 48.7 Å². The van der Waals surface area contributed by atoms with Gasteiger partial charge < -0.3 is 15.0 Å². The van der Waals surface area contributed by atoms with Gasteiger partial charge in [-0.1, -0.05) is 56.3 Å². The number of hydrogen-bond donors (Lipinski definition) is 1. The maximum Gasteiger partial charge on any atom is 0.258 e. The fraction of sp³-hybridized carbons (Fsp3) is 0.233. The number of carbonyl (C=O) groups is 2. The minimum atomic E-state index is -0.375. The van der Waals surface area contributed by atoms with Gasteiger partial charge in [-0.3, -0.25) is 9.59 Å². The quantitative estimate of drug-likeness (QED) is 0.290. The van der Waals surface area contributed by atoms with Crippen LogP contribution in [0.5, 0.6) is 5.75 Å². The number of nitrogens with zero attached hydrogens (tertiary/aromatic N) is 3. The first kappa shape index (κ1) is 26.6. The molecule has 0 radical (unpaired) electrons. The number of halogens is 1. The minimum Gasteiger partial charge on any atom is -0.496 e. The number of hydrogen-bond acceptors (Lipinski definition) is 4. The summed E-state index contributed by atoms with van der Waals surface area (Å²) in [5, 5.41) is 7.57. The van der Waals surface area contributed by atoms with Gasteiger partial charge in [0.25, 0.3) is 5.91 Å². The van der Waals surface area contributed by atoms with Gasteiger partial charge in [-0.15, -0.1) is 0 Å². The van der Waals surface area contributed by atoms with Gasteiger partial charge in [0.2, 0.25) is 5.91 Å². The van der Waals surface area contributed by atoms with E-state index in [0.29, 0.717) is 41.0 Å². The molecule has 3 aromatic carbocycles. The van der Waals surface area contributed by atoms with Crippen molar-refractivity contribution in [1.29, 1.82) is 0 Å². The maximum absolute atomic E-state index is 13.6. The summed E-state index contributed by atoms with van der Waals surface area (Å²) in [6.45, 7) is 4.39. The van der Waals surface area contributed by atoms with E-state index in [2.05, 4.69) is 24.3 Å². The molecule has 0 bridgehead atoms. The Morgan fingerprint density at radius 3 is 2.37 bits per heavy atom. The molecule has 0 atom stereocenters. The second kappa shape index (κ2) is 12.2. The van der Waals surface area contributed by atoms with E-state index >= 15 is 0 Å². The number of ether oxygens (including phenoxy) is 1. The van der Waals surface area contributed by atoms with Crippen LogP contribution in [0, 0.1) is 11.7 Å². The van der Waals surface area contributed by atoms with E-state index in [0.717, 1.165) is 12.0 Å². The van der Waals surface area contributed by atoms with Crippen molar-refractivity contribution in [2.24, 2.45) is 5.92 Å². The number of rotatable bonds is 10. The number of para-hydroxylation sites is 1. The summed E-state index contributed by atoms with van der Waals surface area (Å²) in [7, 11) is 1.51. The molecular formula is C30H31FN4O3.